The average molecular weight is 369 g/mol. The van der Waals surface area contributed by atoms with Crippen LogP contribution in [0.1, 0.15) is 11.5 Å². The van der Waals surface area contributed by atoms with Gasteiger partial charge in [0.05, 0.1) is 4.92 Å². The number of nitro benzene ring substituents is 1. The van der Waals surface area contributed by atoms with Crippen molar-refractivity contribution < 1.29 is 23.6 Å². The van der Waals surface area contributed by atoms with Crippen LogP contribution in [0, 0.1) is 17.0 Å². The third-order valence-corrected chi connectivity index (χ3v) is 3.50. The van der Waals surface area contributed by atoms with E-state index in [1.807, 2.05) is 31.2 Å². The van der Waals surface area contributed by atoms with E-state index in [1.54, 1.807) is 6.07 Å². The first-order valence-corrected chi connectivity index (χ1v) is 7.94. The minimum atomic E-state index is -0.719. The smallest absolute Gasteiger partial charge is 0.344 e. The van der Waals surface area contributed by atoms with Crippen LogP contribution in [0.2, 0.25) is 0 Å². The van der Waals surface area contributed by atoms with E-state index in [9.17, 15) is 14.9 Å². The number of carbonyl (C=O) groups excluding carboxylic acids is 1. The van der Waals surface area contributed by atoms with Gasteiger partial charge >= 0.3 is 11.7 Å². The molecule has 0 aliphatic rings. The van der Waals surface area contributed by atoms with Crippen molar-refractivity contribution in [3.63, 3.8) is 0 Å². The fourth-order valence-corrected chi connectivity index (χ4v) is 2.26. The maximum absolute atomic E-state index is 11.8. The van der Waals surface area contributed by atoms with E-state index in [1.165, 1.54) is 18.2 Å². The second-order valence-corrected chi connectivity index (χ2v) is 5.54. The Morgan fingerprint density at radius 1 is 1.19 bits per heavy atom. The van der Waals surface area contributed by atoms with Gasteiger partial charge in [0.15, 0.2) is 19.0 Å². The number of ether oxygens (including phenoxy) is 2. The maximum atomic E-state index is 11.8. The molecule has 27 heavy (non-hydrogen) atoms. The molecule has 0 atom stereocenters. The summed E-state index contributed by atoms with van der Waals surface area (Å²) >= 11 is 0. The standard InChI is InChI=1S/C18H15N3O6/c1-12-5-4-6-13(9-12)18-20-19-16(27-18)10-26-17(22)11-25-15-8-3-2-7-14(15)21(23)24/h2-9H,10-11H2,1H3. The minimum Gasteiger partial charge on any atom is -0.475 e. The highest BCUT2D eigenvalue weighted by molar-refractivity contribution is 5.71. The minimum absolute atomic E-state index is 0.0148. The van der Waals surface area contributed by atoms with Gasteiger partial charge in [0, 0.05) is 11.6 Å². The molecular formula is C18H15N3O6. The monoisotopic (exact) mass is 369 g/mol. The van der Waals surface area contributed by atoms with Gasteiger partial charge in [-0.25, -0.2) is 4.79 Å². The summed E-state index contributed by atoms with van der Waals surface area (Å²) in [5.41, 5.74) is 1.58. The first-order valence-electron chi connectivity index (χ1n) is 7.94. The Bertz CT molecular complexity index is 969. The highest BCUT2D eigenvalue weighted by Crippen LogP contribution is 2.25. The molecule has 3 rings (SSSR count). The van der Waals surface area contributed by atoms with E-state index in [0.717, 1.165) is 11.1 Å². The third-order valence-electron chi connectivity index (χ3n) is 3.50. The van der Waals surface area contributed by atoms with Gasteiger partial charge in [-0.3, -0.25) is 10.1 Å². The molecular weight excluding hydrogens is 354 g/mol. The van der Waals surface area contributed by atoms with Gasteiger partial charge in [-0.1, -0.05) is 29.8 Å². The van der Waals surface area contributed by atoms with E-state index in [2.05, 4.69) is 10.2 Å². The van der Waals surface area contributed by atoms with Crippen molar-refractivity contribution in [2.75, 3.05) is 6.61 Å². The van der Waals surface area contributed by atoms with Crippen molar-refractivity contribution in [1.29, 1.82) is 0 Å². The molecule has 1 heterocycles. The lowest BCUT2D eigenvalue weighted by Crippen LogP contribution is -2.15. The second kappa shape index (κ2) is 8.09. The maximum Gasteiger partial charge on any atom is 0.344 e. The number of aromatic nitrogens is 2. The third kappa shape index (κ3) is 4.66. The fraction of sp³-hybridized carbons (Fsp3) is 0.167. The second-order valence-electron chi connectivity index (χ2n) is 5.54. The molecule has 2 aromatic carbocycles. The number of rotatable bonds is 7. The van der Waals surface area contributed by atoms with Gasteiger partial charge in [0.1, 0.15) is 0 Å². The molecule has 3 aromatic rings. The Hall–Kier alpha value is -3.75. The van der Waals surface area contributed by atoms with E-state index in [4.69, 9.17) is 13.9 Å². The zero-order valence-electron chi connectivity index (χ0n) is 14.3. The van der Waals surface area contributed by atoms with Crippen molar-refractivity contribution in [3.8, 4) is 17.2 Å². The molecule has 0 saturated heterocycles. The van der Waals surface area contributed by atoms with Crippen molar-refractivity contribution >= 4 is 11.7 Å². The van der Waals surface area contributed by atoms with E-state index in [0.29, 0.717) is 5.89 Å². The van der Waals surface area contributed by atoms with Crippen LogP contribution in [0.5, 0.6) is 5.75 Å². The van der Waals surface area contributed by atoms with Gasteiger partial charge < -0.3 is 13.9 Å². The summed E-state index contributed by atoms with van der Waals surface area (Å²) in [4.78, 5) is 22.1. The van der Waals surface area contributed by atoms with E-state index in [-0.39, 0.29) is 23.9 Å². The number of aryl methyl sites for hydroxylation is 1. The van der Waals surface area contributed by atoms with E-state index >= 15 is 0 Å². The lowest BCUT2D eigenvalue weighted by molar-refractivity contribution is -0.385. The van der Waals surface area contributed by atoms with Crippen LogP contribution in [0.25, 0.3) is 11.5 Å². The number of nitrogens with zero attached hydrogens (tertiary/aromatic N) is 3. The van der Waals surface area contributed by atoms with Crippen molar-refractivity contribution in [2.24, 2.45) is 0 Å². The van der Waals surface area contributed by atoms with Gasteiger partial charge in [0.2, 0.25) is 5.89 Å². The molecule has 0 aliphatic carbocycles. The summed E-state index contributed by atoms with van der Waals surface area (Å²) in [5, 5.41) is 18.6. The number of nitro groups is 1. The number of para-hydroxylation sites is 2. The van der Waals surface area contributed by atoms with Crippen molar-refractivity contribution in [1.82, 2.24) is 10.2 Å². The molecule has 0 N–H and O–H groups in total. The molecule has 0 amide bonds. The molecule has 0 saturated carbocycles. The Morgan fingerprint density at radius 2 is 2.00 bits per heavy atom. The molecule has 9 nitrogen and oxygen atoms in total. The number of hydrogen-bond donors (Lipinski definition) is 0. The zero-order valence-corrected chi connectivity index (χ0v) is 14.3. The number of carbonyl (C=O) groups is 1. The molecule has 138 valence electrons. The molecule has 0 spiro atoms. The molecule has 0 fully saturated rings. The summed E-state index contributed by atoms with van der Waals surface area (Å²) in [5.74, 6) is -0.283. The zero-order chi connectivity index (χ0) is 19.2. The predicted octanol–water partition coefficient (Wildman–Crippen LogP) is 3.08. The summed E-state index contributed by atoms with van der Waals surface area (Å²) in [7, 11) is 0. The SMILES string of the molecule is Cc1cccc(-c2nnc(COC(=O)COc3ccccc3[N+](=O)[O-])o2)c1. The fourth-order valence-electron chi connectivity index (χ4n) is 2.26. The summed E-state index contributed by atoms with van der Waals surface area (Å²) < 4.78 is 15.6. The van der Waals surface area contributed by atoms with Crippen LogP contribution in [-0.4, -0.2) is 27.7 Å². The number of hydrogen-bond acceptors (Lipinski definition) is 8. The van der Waals surface area contributed by atoms with E-state index < -0.39 is 17.5 Å². The van der Waals surface area contributed by atoms with Gasteiger partial charge in [-0.15, -0.1) is 10.2 Å². The Kier molecular flexibility index (Phi) is 5.41. The normalized spacial score (nSPS) is 10.4. The summed E-state index contributed by atoms with van der Waals surface area (Å²) in [6.45, 7) is 1.24. The highest BCUT2D eigenvalue weighted by atomic mass is 16.6. The lowest BCUT2D eigenvalue weighted by Gasteiger charge is -2.06. The highest BCUT2D eigenvalue weighted by Gasteiger charge is 2.16. The quantitative estimate of drug-likeness (QED) is 0.354. The molecule has 9 heteroatoms. The average Bonchev–Trinajstić information content (AvgIpc) is 3.14. The Labute approximate surface area is 153 Å². The topological polar surface area (TPSA) is 118 Å². The summed E-state index contributed by atoms with van der Waals surface area (Å²) in [6.07, 6.45) is 0. The van der Waals surface area contributed by atoms with Crippen LogP contribution in [0.3, 0.4) is 0 Å². The van der Waals surface area contributed by atoms with Crippen molar-refractivity contribution in [3.05, 3.63) is 70.1 Å². The molecule has 0 radical (unpaired) electrons. The molecule has 0 bridgehead atoms. The number of esters is 1. The van der Waals surface area contributed by atoms with Crippen LogP contribution < -0.4 is 4.74 Å². The number of benzene rings is 2. The molecule has 0 unspecified atom stereocenters. The van der Waals surface area contributed by atoms with Gasteiger partial charge in [-0.05, 0) is 25.1 Å². The van der Waals surface area contributed by atoms with Crippen LogP contribution >= 0.6 is 0 Å². The van der Waals surface area contributed by atoms with Gasteiger partial charge in [-0.2, -0.15) is 0 Å². The summed E-state index contributed by atoms with van der Waals surface area (Å²) in [6, 6.07) is 13.3. The lowest BCUT2D eigenvalue weighted by atomic mass is 10.1. The molecule has 0 aliphatic heterocycles. The van der Waals surface area contributed by atoms with Crippen LogP contribution in [0.15, 0.2) is 52.9 Å². The first-order chi connectivity index (χ1) is 13.0. The van der Waals surface area contributed by atoms with Gasteiger partial charge in [0.25, 0.3) is 5.89 Å². The predicted molar refractivity (Wildman–Crippen MR) is 92.9 cm³/mol. The van der Waals surface area contributed by atoms with Crippen molar-refractivity contribution in [2.45, 2.75) is 13.5 Å². The first kappa shape index (κ1) is 18.1. The Balaban J connectivity index is 1.54. The Morgan fingerprint density at radius 3 is 2.78 bits per heavy atom. The van der Waals surface area contributed by atoms with Crippen LogP contribution in [-0.2, 0) is 16.1 Å². The molecule has 1 aromatic heterocycles. The largest absolute Gasteiger partial charge is 0.475 e. The van der Waals surface area contributed by atoms with Crippen LogP contribution in [0.4, 0.5) is 5.69 Å².